The molecule has 0 radical (unpaired) electrons. The second-order valence-electron chi connectivity index (χ2n) is 17.2. The number of carbonyl (C=O) groups is 1. The van der Waals surface area contributed by atoms with Crippen molar-refractivity contribution in [2.24, 2.45) is 0 Å². The first-order valence-corrected chi connectivity index (χ1v) is 20.0. The van der Waals surface area contributed by atoms with Crippen LogP contribution in [0.15, 0.2) is 30.3 Å². The highest BCUT2D eigenvalue weighted by molar-refractivity contribution is 6.03. The second-order valence-corrected chi connectivity index (χ2v) is 17.2. The van der Waals surface area contributed by atoms with Crippen molar-refractivity contribution in [3.8, 4) is 29.6 Å². The minimum atomic E-state index is -6.91. The zero-order valence-corrected chi connectivity index (χ0v) is 33.9. The molecule has 4 aliphatic rings. The molecule has 1 amide bonds. The van der Waals surface area contributed by atoms with E-state index in [1.165, 1.54) is 28.0 Å². The fourth-order valence-electron chi connectivity index (χ4n) is 9.38. The molecule has 0 aliphatic carbocycles. The lowest BCUT2D eigenvalue weighted by Gasteiger charge is -2.41. The first kappa shape index (κ1) is 44.4. The van der Waals surface area contributed by atoms with Crippen LogP contribution in [0.4, 0.5) is 58.9 Å². The van der Waals surface area contributed by atoms with E-state index in [0.717, 1.165) is 0 Å². The van der Waals surface area contributed by atoms with Crippen molar-refractivity contribution in [3.05, 3.63) is 53.2 Å². The lowest BCUT2D eigenvalue weighted by Crippen LogP contribution is -2.68. The van der Waals surface area contributed by atoms with E-state index in [9.17, 15) is 44.3 Å². The maximum atomic E-state index is 17.3. The van der Waals surface area contributed by atoms with Crippen LogP contribution in [0.1, 0.15) is 57.7 Å². The molecule has 338 valence electrons. The van der Waals surface area contributed by atoms with Crippen LogP contribution in [0, 0.1) is 24.0 Å². The third-order valence-electron chi connectivity index (χ3n) is 12.1. The number of terminal acetylenes is 1. The molecular weight excluding hydrogens is 861 g/mol. The van der Waals surface area contributed by atoms with Crippen LogP contribution < -0.4 is 9.64 Å². The summed E-state index contributed by atoms with van der Waals surface area (Å²) in [6.07, 6.45) is -17.4. The Labute approximate surface area is 352 Å². The first-order valence-electron chi connectivity index (χ1n) is 20.0. The van der Waals surface area contributed by atoms with Crippen molar-refractivity contribution in [3.63, 3.8) is 0 Å². The molecule has 21 heteroatoms. The van der Waals surface area contributed by atoms with Gasteiger partial charge in [0.05, 0.1) is 28.3 Å². The standard InChI is InChI=1S/C42H39F11N6O4/c1-5-25-27(43)12-10-22-8-6-9-26(29(22)25)32-31(44)33-30-28(54-32)13-11-23-19-57(36(60)63-37(2,3)4)16-17-59(23)34(30)56-35(55-33)61-21-38-14-7-15-58(38)20-24(18-38)62-39(40(45,46)47,41(48,49)50)42(51,52)53/h1,6,8-10,12,23-24H,7,11,13-21H2,2-4H3/t23-,24-,38-/m1/s1. The van der Waals surface area contributed by atoms with E-state index >= 15 is 8.78 Å². The van der Waals surface area contributed by atoms with Gasteiger partial charge in [0.2, 0.25) is 0 Å². The number of piperazine rings is 1. The van der Waals surface area contributed by atoms with Gasteiger partial charge in [-0.25, -0.2) is 18.6 Å². The number of aromatic nitrogens is 3. The number of alkyl halides is 9. The van der Waals surface area contributed by atoms with Gasteiger partial charge >= 0.3 is 36.2 Å². The number of hydrogen-bond acceptors (Lipinski definition) is 9. The van der Waals surface area contributed by atoms with Crippen LogP contribution in [0.2, 0.25) is 0 Å². The molecule has 2 aromatic carbocycles. The molecule has 0 unspecified atom stereocenters. The van der Waals surface area contributed by atoms with Gasteiger partial charge in [-0.2, -0.15) is 49.5 Å². The Bertz CT molecular complexity index is 2480. The lowest BCUT2D eigenvalue weighted by molar-refractivity contribution is -0.463. The van der Waals surface area contributed by atoms with Gasteiger partial charge in [0.1, 0.15) is 35.1 Å². The van der Waals surface area contributed by atoms with E-state index in [-0.39, 0.29) is 77.9 Å². The second kappa shape index (κ2) is 15.2. The summed E-state index contributed by atoms with van der Waals surface area (Å²) < 4.78 is 173. The molecule has 10 nitrogen and oxygen atoms in total. The summed E-state index contributed by atoms with van der Waals surface area (Å²) in [5, 5.41) is 0.878. The van der Waals surface area contributed by atoms with E-state index in [1.807, 2.05) is 4.90 Å². The number of ether oxygens (including phenoxy) is 3. The molecule has 0 saturated carbocycles. The summed E-state index contributed by atoms with van der Waals surface area (Å²) in [5.74, 6) is 0.774. The Morgan fingerprint density at radius 1 is 0.905 bits per heavy atom. The van der Waals surface area contributed by atoms with E-state index in [0.29, 0.717) is 23.9 Å². The SMILES string of the molecule is C#Cc1c(F)ccc2cccc(-c3nc4c5c(nc(OC[C@]67CCCN6C[C@H](OC(C(F)(F)F)(C(F)(F)F)C(F)(F)F)C7)nc5c3F)N3CCN(C(=O)OC(C)(C)C)C[C@H]3CC4)c12. The molecule has 6 heterocycles. The Kier molecular flexibility index (Phi) is 10.7. The summed E-state index contributed by atoms with van der Waals surface area (Å²) in [4.78, 5) is 31.8. The monoisotopic (exact) mass is 900 g/mol. The molecule has 0 bridgehead atoms. The zero-order chi connectivity index (χ0) is 45.7. The fourth-order valence-corrected chi connectivity index (χ4v) is 9.38. The molecule has 63 heavy (non-hydrogen) atoms. The Hall–Kier alpha value is -5.23. The number of amides is 1. The predicted molar refractivity (Wildman–Crippen MR) is 205 cm³/mol. The number of carbonyl (C=O) groups excluding carboxylic acids is 1. The normalized spacial score (nSPS) is 22.2. The number of anilines is 1. The number of benzene rings is 2. The van der Waals surface area contributed by atoms with Crippen molar-refractivity contribution >= 4 is 33.6 Å². The third kappa shape index (κ3) is 7.49. The summed E-state index contributed by atoms with van der Waals surface area (Å²) in [6.45, 7) is 4.49. The quantitative estimate of drug-likeness (QED) is 0.139. The number of rotatable bonds is 6. The molecule has 4 aliphatic heterocycles. The zero-order valence-electron chi connectivity index (χ0n) is 33.9. The average molecular weight is 901 g/mol. The minimum absolute atomic E-state index is 0.0841. The van der Waals surface area contributed by atoms with Crippen molar-refractivity contribution in [2.45, 2.75) is 100 Å². The summed E-state index contributed by atoms with van der Waals surface area (Å²) in [6, 6.07) is 6.54. The van der Waals surface area contributed by atoms with Gasteiger partial charge in [-0.3, -0.25) is 4.90 Å². The Morgan fingerprint density at radius 2 is 1.62 bits per heavy atom. The smallest absolute Gasteiger partial charge is 0.435 e. The number of hydrogen-bond donors (Lipinski definition) is 0. The van der Waals surface area contributed by atoms with Gasteiger partial charge in [-0.15, -0.1) is 6.42 Å². The Morgan fingerprint density at radius 3 is 2.29 bits per heavy atom. The number of halogens is 11. The van der Waals surface area contributed by atoms with Gasteiger partial charge < -0.3 is 24.0 Å². The maximum Gasteiger partial charge on any atom is 0.435 e. The molecule has 0 N–H and O–H groups in total. The van der Waals surface area contributed by atoms with E-state index < -0.39 is 90.7 Å². The van der Waals surface area contributed by atoms with Crippen molar-refractivity contribution in [1.29, 1.82) is 0 Å². The molecule has 8 rings (SSSR count). The summed E-state index contributed by atoms with van der Waals surface area (Å²) in [7, 11) is 0. The molecule has 0 spiro atoms. The maximum absolute atomic E-state index is 17.3. The van der Waals surface area contributed by atoms with Crippen LogP contribution in [-0.2, 0) is 15.9 Å². The van der Waals surface area contributed by atoms with Crippen LogP contribution in [0.5, 0.6) is 6.01 Å². The van der Waals surface area contributed by atoms with Gasteiger partial charge in [-0.1, -0.05) is 30.2 Å². The summed E-state index contributed by atoms with van der Waals surface area (Å²) >= 11 is 0. The number of fused-ring (bicyclic) bond motifs is 4. The van der Waals surface area contributed by atoms with Gasteiger partial charge in [-0.05, 0) is 70.9 Å². The summed E-state index contributed by atoms with van der Waals surface area (Å²) in [5.41, 5.74) is -8.85. The van der Waals surface area contributed by atoms with Gasteiger partial charge in [0, 0.05) is 43.2 Å². The molecular formula is C42H39F11N6O4. The van der Waals surface area contributed by atoms with E-state index in [4.69, 9.17) is 20.9 Å². The highest BCUT2D eigenvalue weighted by atomic mass is 19.4. The average Bonchev–Trinajstić information content (AvgIpc) is 3.68. The van der Waals surface area contributed by atoms with Crippen molar-refractivity contribution in [2.75, 3.05) is 44.2 Å². The fraction of sp³-hybridized carbons (Fsp3) is 0.524. The highest BCUT2D eigenvalue weighted by Gasteiger charge is 2.86. The van der Waals surface area contributed by atoms with E-state index in [1.54, 1.807) is 32.9 Å². The van der Waals surface area contributed by atoms with Crippen LogP contribution in [0.3, 0.4) is 0 Å². The lowest BCUT2D eigenvalue weighted by atomic mass is 9.93. The van der Waals surface area contributed by atoms with Crippen LogP contribution in [-0.4, -0.2) is 118 Å². The van der Waals surface area contributed by atoms with E-state index in [2.05, 4.69) is 20.6 Å². The van der Waals surface area contributed by atoms with Crippen LogP contribution >= 0.6 is 0 Å². The molecule has 3 atom stereocenters. The largest absolute Gasteiger partial charge is 0.461 e. The molecule has 2 aromatic heterocycles. The van der Waals surface area contributed by atoms with Crippen molar-refractivity contribution < 1.29 is 67.3 Å². The number of pyridine rings is 1. The number of nitrogens with zero attached hydrogens (tertiary/aromatic N) is 6. The molecule has 3 saturated heterocycles. The Balaban J connectivity index is 1.20. The van der Waals surface area contributed by atoms with Crippen molar-refractivity contribution in [1.82, 2.24) is 24.8 Å². The minimum Gasteiger partial charge on any atom is -0.461 e. The van der Waals surface area contributed by atoms with Gasteiger partial charge in [0.25, 0.3) is 0 Å². The predicted octanol–water partition coefficient (Wildman–Crippen LogP) is 8.90. The first-order chi connectivity index (χ1) is 29.4. The van der Waals surface area contributed by atoms with Gasteiger partial charge in [0.15, 0.2) is 5.82 Å². The molecule has 3 fully saturated rings. The number of aryl methyl sites for hydroxylation is 1. The molecule has 4 aromatic rings. The topological polar surface area (TPSA) is 93.2 Å². The van der Waals surface area contributed by atoms with Crippen LogP contribution in [0.25, 0.3) is 32.9 Å². The highest BCUT2D eigenvalue weighted by Crippen LogP contribution is 2.57. The third-order valence-corrected chi connectivity index (χ3v) is 12.1.